The standard InChI is InChI=1S/C10H19NO3/c1-13-10(12)7-9(14-11)8-5-3-2-4-6-8/h8-9H,2-7,11H2,1H3. The molecular formula is C10H19NO3. The summed E-state index contributed by atoms with van der Waals surface area (Å²) in [6.07, 6.45) is 6.04. The van der Waals surface area contributed by atoms with Crippen molar-refractivity contribution in [2.75, 3.05) is 7.11 Å². The van der Waals surface area contributed by atoms with Crippen LogP contribution in [-0.2, 0) is 14.4 Å². The van der Waals surface area contributed by atoms with Crippen LogP contribution >= 0.6 is 0 Å². The highest BCUT2D eigenvalue weighted by atomic mass is 16.6. The summed E-state index contributed by atoms with van der Waals surface area (Å²) in [4.78, 5) is 15.9. The van der Waals surface area contributed by atoms with Gasteiger partial charge in [-0.3, -0.25) is 4.79 Å². The fourth-order valence-electron chi connectivity index (χ4n) is 2.08. The van der Waals surface area contributed by atoms with Gasteiger partial charge in [-0.05, 0) is 18.8 Å². The lowest BCUT2D eigenvalue weighted by molar-refractivity contribution is -0.145. The molecule has 2 N–H and O–H groups in total. The molecule has 4 nitrogen and oxygen atoms in total. The van der Waals surface area contributed by atoms with Crippen LogP contribution < -0.4 is 5.90 Å². The Bertz CT molecular complexity index is 178. The summed E-state index contributed by atoms with van der Waals surface area (Å²) < 4.78 is 4.60. The number of carbonyl (C=O) groups excluding carboxylic acids is 1. The molecule has 1 rings (SSSR count). The second kappa shape index (κ2) is 5.98. The second-order valence-electron chi connectivity index (χ2n) is 3.85. The number of rotatable bonds is 4. The molecule has 1 aliphatic carbocycles. The molecule has 0 heterocycles. The first-order valence-corrected chi connectivity index (χ1v) is 5.20. The molecule has 1 fully saturated rings. The highest BCUT2D eigenvalue weighted by Gasteiger charge is 2.26. The van der Waals surface area contributed by atoms with Crippen molar-refractivity contribution >= 4 is 5.97 Å². The van der Waals surface area contributed by atoms with Crippen molar-refractivity contribution in [2.24, 2.45) is 11.8 Å². The Morgan fingerprint density at radius 2 is 2.07 bits per heavy atom. The van der Waals surface area contributed by atoms with Gasteiger partial charge in [0, 0.05) is 0 Å². The maximum absolute atomic E-state index is 11.1. The minimum Gasteiger partial charge on any atom is -0.469 e. The zero-order valence-corrected chi connectivity index (χ0v) is 8.70. The third-order valence-electron chi connectivity index (χ3n) is 2.95. The number of ether oxygens (including phenoxy) is 1. The van der Waals surface area contributed by atoms with Crippen LogP contribution in [-0.4, -0.2) is 19.2 Å². The van der Waals surface area contributed by atoms with Crippen LogP contribution in [0.1, 0.15) is 38.5 Å². The average molecular weight is 201 g/mol. The van der Waals surface area contributed by atoms with Gasteiger partial charge >= 0.3 is 5.97 Å². The van der Waals surface area contributed by atoms with Gasteiger partial charge in [0.2, 0.25) is 0 Å². The van der Waals surface area contributed by atoms with Crippen molar-refractivity contribution in [2.45, 2.75) is 44.6 Å². The quantitative estimate of drug-likeness (QED) is 0.551. The Kier molecular flexibility index (Phi) is 4.90. The predicted octanol–water partition coefficient (Wildman–Crippen LogP) is 1.39. The number of nitrogens with two attached hydrogens (primary N) is 1. The van der Waals surface area contributed by atoms with Gasteiger partial charge in [0.05, 0.1) is 19.6 Å². The molecule has 0 aliphatic heterocycles. The maximum Gasteiger partial charge on any atom is 0.308 e. The summed E-state index contributed by atoms with van der Waals surface area (Å²) in [6.45, 7) is 0. The van der Waals surface area contributed by atoms with E-state index in [0.717, 1.165) is 12.8 Å². The molecule has 4 heteroatoms. The third kappa shape index (κ3) is 3.27. The van der Waals surface area contributed by atoms with Gasteiger partial charge in [-0.1, -0.05) is 19.3 Å². The minimum absolute atomic E-state index is 0.164. The second-order valence-corrected chi connectivity index (χ2v) is 3.85. The van der Waals surface area contributed by atoms with Crippen molar-refractivity contribution in [1.82, 2.24) is 0 Å². The van der Waals surface area contributed by atoms with Gasteiger partial charge in [0.15, 0.2) is 0 Å². The first-order chi connectivity index (χ1) is 6.77. The topological polar surface area (TPSA) is 61.5 Å². The van der Waals surface area contributed by atoms with Crippen LogP contribution in [0.25, 0.3) is 0 Å². The van der Waals surface area contributed by atoms with Crippen molar-refractivity contribution in [1.29, 1.82) is 0 Å². The van der Waals surface area contributed by atoms with E-state index in [1.165, 1.54) is 26.4 Å². The lowest BCUT2D eigenvalue weighted by Crippen LogP contribution is -2.31. The summed E-state index contributed by atoms with van der Waals surface area (Å²) in [5.74, 6) is 5.38. The molecule has 82 valence electrons. The molecule has 0 aromatic rings. The molecule has 0 aromatic heterocycles. The van der Waals surface area contributed by atoms with E-state index in [1.54, 1.807) is 0 Å². The zero-order chi connectivity index (χ0) is 10.4. The molecular weight excluding hydrogens is 182 g/mol. The lowest BCUT2D eigenvalue weighted by atomic mass is 9.84. The molecule has 0 saturated heterocycles. The molecule has 0 radical (unpaired) electrons. The molecule has 1 saturated carbocycles. The Hall–Kier alpha value is -0.610. The Morgan fingerprint density at radius 3 is 2.57 bits per heavy atom. The zero-order valence-electron chi connectivity index (χ0n) is 8.70. The van der Waals surface area contributed by atoms with Gasteiger partial charge < -0.3 is 9.57 Å². The largest absolute Gasteiger partial charge is 0.469 e. The fraction of sp³-hybridized carbons (Fsp3) is 0.900. The van der Waals surface area contributed by atoms with Crippen LogP contribution in [0.3, 0.4) is 0 Å². The number of methoxy groups -OCH3 is 1. The van der Waals surface area contributed by atoms with E-state index in [-0.39, 0.29) is 18.5 Å². The van der Waals surface area contributed by atoms with E-state index < -0.39 is 0 Å². The Morgan fingerprint density at radius 1 is 1.43 bits per heavy atom. The van der Waals surface area contributed by atoms with Gasteiger partial charge in [0.25, 0.3) is 0 Å². The van der Waals surface area contributed by atoms with Crippen LogP contribution in [0.15, 0.2) is 0 Å². The molecule has 0 amide bonds. The van der Waals surface area contributed by atoms with Gasteiger partial charge in [-0.15, -0.1) is 0 Å². The monoisotopic (exact) mass is 201 g/mol. The maximum atomic E-state index is 11.1. The van der Waals surface area contributed by atoms with Crippen LogP contribution in [0, 0.1) is 5.92 Å². The SMILES string of the molecule is COC(=O)CC(ON)C1CCCCC1. The van der Waals surface area contributed by atoms with E-state index >= 15 is 0 Å². The molecule has 14 heavy (non-hydrogen) atoms. The highest BCUT2D eigenvalue weighted by Crippen LogP contribution is 2.28. The molecule has 0 spiro atoms. The van der Waals surface area contributed by atoms with Gasteiger partial charge in [-0.25, -0.2) is 5.90 Å². The molecule has 0 aromatic carbocycles. The highest BCUT2D eigenvalue weighted by molar-refractivity contribution is 5.69. The van der Waals surface area contributed by atoms with Crippen LogP contribution in [0.5, 0.6) is 0 Å². The number of hydrogen-bond acceptors (Lipinski definition) is 4. The minimum atomic E-state index is -0.244. The third-order valence-corrected chi connectivity index (χ3v) is 2.95. The number of hydrogen-bond donors (Lipinski definition) is 1. The molecule has 1 atom stereocenters. The van der Waals surface area contributed by atoms with Crippen LogP contribution in [0.4, 0.5) is 0 Å². The summed E-state index contributed by atoms with van der Waals surface area (Å²) in [7, 11) is 1.39. The summed E-state index contributed by atoms with van der Waals surface area (Å²) in [6, 6.07) is 0. The lowest BCUT2D eigenvalue weighted by Gasteiger charge is -2.27. The Balaban J connectivity index is 2.39. The number of esters is 1. The normalized spacial score (nSPS) is 20.4. The summed E-state index contributed by atoms with van der Waals surface area (Å²) >= 11 is 0. The van der Waals surface area contributed by atoms with E-state index in [4.69, 9.17) is 10.7 Å². The average Bonchev–Trinajstić information content (AvgIpc) is 2.26. The smallest absolute Gasteiger partial charge is 0.308 e. The van der Waals surface area contributed by atoms with Gasteiger partial charge in [0.1, 0.15) is 0 Å². The van der Waals surface area contributed by atoms with Crippen molar-refractivity contribution in [3.8, 4) is 0 Å². The summed E-state index contributed by atoms with van der Waals surface area (Å²) in [5.41, 5.74) is 0. The first-order valence-electron chi connectivity index (χ1n) is 5.20. The van der Waals surface area contributed by atoms with Gasteiger partial charge in [-0.2, -0.15) is 0 Å². The van der Waals surface area contributed by atoms with Crippen molar-refractivity contribution < 1.29 is 14.4 Å². The first kappa shape index (κ1) is 11.5. The number of carbonyl (C=O) groups is 1. The fourth-order valence-corrected chi connectivity index (χ4v) is 2.08. The van der Waals surface area contributed by atoms with E-state index in [1.807, 2.05) is 0 Å². The molecule has 0 bridgehead atoms. The van der Waals surface area contributed by atoms with E-state index in [2.05, 4.69) is 4.74 Å². The Labute approximate surface area is 84.7 Å². The van der Waals surface area contributed by atoms with Crippen molar-refractivity contribution in [3.63, 3.8) is 0 Å². The van der Waals surface area contributed by atoms with Crippen LogP contribution in [0.2, 0.25) is 0 Å². The molecule has 1 unspecified atom stereocenters. The van der Waals surface area contributed by atoms with E-state index in [9.17, 15) is 4.79 Å². The van der Waals surface area contributed by atoms with Crippen molar-refractivity contribution in [3.05, 3.63) is 0 Å². The predicted molar refractivity (Wildman–Crippen MR) is 52.3 cm³/mol. The summed E-state index contributed by atoms with van der Waals surface area (Å²) in [5, 5.41) is 0. The van der Waals surface area contributed by atoms with E-state index in [0.29, 0.717) is 5.92 Å². The molecule has 1 aliphatic rings.